The van der Waals surface area contributed by atoms with E-state index in [4.69, 9.17) is 0 Å². The van der Waals surface area contributed by atoms with E-state index in [-0.39, 0.29) is 17.7 Å². The van der Waals surface area contributed by atoms with Gasteiger partial charge < -0.3 is 14.6 Å². The van der Waals surface area contributed by atoms with Crippen LogP contribution in [0.5, 0.6) is 0 Å². The first kappa shape index (κ1) is 16.5. The number of fused-ring (bicyclic) bond motifs is 1. The summed E-state index contributed by atoms with van der Waals surface area (Å²) in [7, 11) is 0. The molecule has 1 aliphatic heterocycles. The number of hydrogen-bond acceptors (Lipinski definition) is 3. The predicted octanol–water partition coefficient (Wildman–Crippen LogP) is 1.50. The number of hydrogen-bond donors (Lipinski definition) is 1. The third-order valence-electron chi connectivity index (χ3n) is 4.27. The number of aromatic nitrogens is 2. The van der Waals surface area contributed by atoms with E-state index in [0.717, 1.165) is 17.9 Å². The quantitative estimate of drug-likeness (QED) is 0.874. The van der Waals surface area contributed by atoms with E-state index in [1.165, 1.54) is 0 Å². The molecule has 0 radical (unpaired) electrons. The Labute approximate surface area is 141 Å². The number of carbonyl (C=O) groups is 2. The first-order valence-electron chi connectivity index (χ1n) is 8.51. The number of amides is 2. The second-order valence-corrected chi connectivity index (χ2v) is 6.83. The van der Waals surface area contributed by atoms with Crippen molar-refractivity contribution in [2.24, 2.45) is 11.8 Å². The molecule has 1 saturated heterocycles. The van der Waals surface area contributed by atoms with Gasteiger partial charge in [0.2, 0.25) is 11.8 Å². The molecule has 24 heavy (non-hydrogen) atoms. The summed E-state index contributed by atoms with van der Waals surface area (Å²) >= 11 is 0. The molecule has 1 aliphatic rings. The van der Waals surface area contributed by atoms with Crippen LogP contribution in [-0.4, -0.2) is 45.7 Å². The molecular formula is C18H24N4O2. The van der Waals surface area contributed by atoms with Crippen LogP contribution in [-0.2, 0) is 16.0 Å². The van der Waals surface area contributed by atoms with Crippen LogP contribution >= 0.6 is 0 Å². The van der Waals surface area contributed by atoms with Crippen molar-refractivity contribution < 1.29 is 9.59 Å². The van der Waals surface area contributed by atoms with Gasteiger partial charge in [0.05, 0.1) is 11.6 Å². The molecular weight excluding hydrogens is 304 g/mol. The van der Waals surface area contributed by atoms with E-state index in [9.17, 15) is 9.59 Å². The first-order chi connectivity index (χ1) is 11.5. The Morgan fingerprint density at radius 3 is 3.00 bits per heavy atom. The van der Waals surface area contributed by atoms with Crippen LogP contribution in [0.1, 0.15) is 26.0 Å². The Hall–Kier alpha value is -2.37. The van der Waals surface area contributed by atoms with Crippen LogP contribution < -0.4 is 5.32 Å². The number of imidazole rings is 1. The molecule has 1 unspecified atom stereocenters. The summed E-state index contributed by atoms with van der Waals surface area (Å²) in [6.07, 6.45) is 4.94. The van der Waals surface area contributed by atoms with Crippen molar-refractivity contribution in [1.82, 2.24) is 19.6 Å². The van der Waals surface area contributed by atoms with Crippen molar-refractivity contribution in [3.63, 3.8) is 0 Å². The summed E-state index contributed by atoms with van der Waals surface area (Å²) in [6.45, 7) is 5.96. The predicted molar refractivity (Wildman–Crippen MR) is 91.4 cm³/mol. The van der Waals surface area contributed by atoms with Crippen LogP contribution in [0.15, 0.2) is 30.6 Å². The van der Waals surface area contributed by atoms with Gasteiger partial charge in [-0.05, 0) is 18.1 Å². The van der Waals surface area contributed by atoms with Gasteiger partial charge in [-0.3, -0.25) is 9.59 Å². The van der Waals surface area contributed by atoms with Crippen molar-refractivity contribution >= 4 is 17.5 Å². The molecule has 1 atom stereocenters. The summed E-state index contributed by atoms with van der Waals surface area (Å²) in [5.41, 5.74) is 1.86. The zero-order valence-corrected chi connectivity index (χ0v) is 14.2. The topological polar surface area (TPSA) is 66.7 Å². The molecule has 6 heteroatoms. The fraction of sp³-hybridized carbons (Fsp3) is 0.500. The Bertz CT molecular complexity index is 704. The lowest BCUT2D eigenvalue weighted by atomic mass is 10.1. The smallest absolute Gasteiger partial charge is 0.225 e. The highest BCUT2D eigenvalue weighted by Gasteiger charge is 2.34. The number of rotatable bonds is 6. The fourth-order valence-corrected chi connectivity index (χ4v) is 3.13. The van der Waals surface area contributed by atoms with E-state index in [2.05, 4.69) is 24.1 Å². The second kappa shape index (κ2) is 7.03. The Morgan fingerprint density at radius 1 is 1.42 bits per heavy atom. The number of pyridine rings is 1. The average molecular weight is 328 g/mol. The van der Waals surface area contributed by atoms with Crippen molar-refractivity contribution in [3.8, 4) is 0 Å². The van der Waals surface area contributed by atoms with Gasteiger partial charge in [-0.25, -0.2) is 4.98 Å². The highest BCUT2D eigenvalue weighted by atomic mass is 16.2. The van der Waals surface area contributed by atoms with Crippen LogP contribution in [0.2, 0.25) is 0 Å². The zero-order valence-electron chi connectivity index (χ0n) is 14.2. The molecule has 2 aromatic rings. The molecule has 3 heterocycles. The zero-order chi connectivity index (χ0) is 17.1. The van der Waals surface area contributed by atoms with Gasteiger partial charge in [0.1, 0.15) is 5.65 Å². The van der Waals surface area contributed by atoms with E-state index in [1.807, 2.05) is 35.0 Å². The fourth-order valence-electron chi connectivity index (χ4n) is 3.13. The summed E-state index contributed by atoms with van der Waals surface area (Å²) in [6, 6.07) is 5.86. The van der Waals surface area contributed by atoms with E-state index >= 15 is 0 Å². The minimum absolute atomic E-state index is 0.0293. The molecule has 0 aliphatic carbocycles. The molecule has 1 fully saturated rings. The third kappa shape index (κ3) is 3.75. The molecule has 2 amide bonds. The highest BCUT2D eigenvalue weighted by molar-refractivity contribution is 5.89. The lowest BCUT2D eigenvalue weighted by Crippen LogP contribution is -2.35. The third-order valence-corrected chi connectivity index (χ3v) is 4.27. The minimum atomic E-state index is -0.225. The first-order valence-corrected chi connectivity index (χ1v) is 8.51. The number of nitrogens with zero attached hydrogens (tertiary/aromatic N) is 3. The van der Waals surface area contributed by atoms with Crippen LogP contribution in [0, 0.1) is 11.8 Å². The number of likely N-dealkylation sites (tertiary alicyclic amines) is 1. The number of carbonyl (C=O) groups excluding carboxylic acids is 2. The Balaban J connectivity index is 1.48. The lowest BCUT2D eigenvalue weighted by Gasteiger charge is -2.18. The lowest BCUT2D eigenvalue weighted by molar-refractivity contribution is -0.129. The van der Waals surface area contributed by atoms with Gasteiger partial charge in [0, 0.05) is 44.9 Å². The summed E-state index contributed by atoms with van der Waals surface area (Å²) in [5.74, 6) is 0.255. The molecule has 0 aromatic carbocycles. The minimum Gasteiger partial charge on any atom is -0.355 e. The van der Waals surface area contributed by atoms with Crippen LogP contribution in [0.25, 0.3) is 5.65 Å². The maximum absolute atomic E-state index is 12.3. The van der Waals surface area contributed by atoms with Gasteiger partial charge >= 0.3 is 0 Å². The summed E-state index contributed by atoms with van der Waals surface area (Å²) in [5, 5.41) is 2.94. The van der Waals surface area contributed by atoms with E-state index in [0.29, 0.717) is 31.8 Å². The largest absolute Gasteiger partial charge is 0.355 e. The van der Waals surface area contributed by atoms with Gasteiger partial charge in [0.15, 0.2) is 0 Å². The van der Waals surface area contributed by atoms with Gasteiger partial charge in [-0.1, -0.05) is 19.9 Å². The van der Waals surface area contributed by atoms with Crippen LogP contribution in [0.3, 0.4) is 0 Å². The molecule has 1 N–H and O–H groups in total. The van der Waals surface area contributed by atoms with Gasteiger partial charge in [-0.15, -0.1) is 0 Å². The Kier molecular flexibility index (Phi) is 4.83. The van der Waals surface area contributed by atoms with Crippen molar-refractivity contribution in [2.45, 2.75) is 26.7 Å². The summed E-state index contributed by atoms with van der Waals surface area (Å²) < 4.78 is 1.97. The molecule has 0 bridgehead atoms. The number of nitrogens with one attached hydrogen (secondary N) is 1. The molecule has 128 valence electrons. The second-order valence-electron chi connectivity index (χ2n) is 6.83. The normalized spacial score (nSPS) is 17.9. The standard InChI is InChI=1S/C18H24N4O2/c1-13(2)10-22-11-14(9-17(22)23)18(24)19-7-6-15-12-21-8-4-3-5-16(21)20-15/h3-5,8,12-14H,6-7,9-11H2,1-2H3,(H,19,24). The van der Waals surface area contributed by atoms with Crippen molar-refractivity contribution in [2.75, 3.05) is 19.6 Å². The van der Waals surface area contributed by atoms with E-state index < -0.39 is 0 Å². The Morgan fingerprint density at radius 2 is 2.25 bits per heavy atom. The molecule has 0 saturated carbocycles. The molecule has 2 aromatic heterocycles. The summed E-state index contributed by atoms with van der Waals surface area (Å²) in [4.78, 5) is 30.5. The SMILES string of the molecule is CC(C)CN1CC(C(=O)NCCc2cn3ccccc3n2)CC1=O. The van der Waals surface area contributed by atoms with E-state index in [1.54, 1.807) is 4.90 Å². The molecule has 3 rings (SSSR count). The molecule has 0 spiro atoms. The van der Waals surface area contributed by atoms with Crippen molar-refractivity contribution in [1.29, 1.82) is 0 Å². The van der Waals surface area contributed by atoms with Crippen molar-refractivity contribution in [3.05, 3.63) is 36.3 Å². The maximum atomic E-state index is 12.3. The monoisotopic (exact) mass is 328 g/mol. The van der Waals surface area contributed by atoms with Crippen LogP contribution in [0.4, 0.5) is 0 Å². The highest BCUT2D eigenvalue weighted by Crippen LogP contribution is 2.19. The van der Waals surface area contributed by atoms with Gasteiger partial charge in [0.25, 0.3) is 0 Å². The maximum Gasteiger partial charge on any atom is 0.225 e. The van der Waals surface area contributed by atoms with Gasteiger partial charge in [-0.2, -0.15) is 0 Å². The molecule has 6 nitrogen and oxygen atoms in total. The average Bonchev–Trinajstić information content (AvgIpc) is 3.10.